The molecule has 0 aromatic heterocycles. The van der Waals surface area contributed by atoms with Crippen LogP contribution < -0.4 is 0 Å². The van der Waals surface area contributed by atoms with Crippen LogP contribution in [0.15, 0.2) is 0 Å². The fourth-order valence-corrected chi connectivity index (χ4v) is 3.44. The van der Waals surface area contributed by atoms with E-state index in [1.165, 1.54) is 58.0 Å². The summed E-state index contributed by atoms with van der Waals surface area (Å²) in [6.07, 6.45) is 9.93. The summed E-state index contributed by atoms with van der Waals surface area (Å²) in [5.74, 6) is 0. The van der Waals surface area contributed by atoms with E-state index in [9.17, 15) is 0 Å². The SMILES string of the molecule is CCCC1(N2CCOCC2)CCCCC1. The van der Waals surface area contributed by atoms with Crippen LogP contribution in [-0.4, -0.2) is 36.7 Å². The van der Waals surface area contributed by atoms with Gasteiger partial charge in [0.1, 0.15) is 0 Å². The van der Waals surface area contributed by atoms with Gasteiger partial charge in [0, 0.05) is 18.6 Å². The molecule has 1 saturated carbocycles. The highest BCUT2D eigenvalue weighted by atomic mass is 16.5. The van der Waals surface area contributed by atoms with Crippen LogP contribution in [0, 0.1) is 0 Å². The molecule has 0 amide bonds. The summed E-state index contributed by atoms with van der Waals surface area (Å²) in [5.41, 5.74) is 0.552. The van der Waals surface area contributed by atoms with Crippen molar-refractivity contribution in [3.63, 3.8) is 0 Å². The Balaban J connectivity index is 2.01. The second kappa shape index (κ2) is 5.31. The summed E-state index contributed by atoms with van der Waals surface area (Å²) in [7, 11) is 0. The van der Waals surface area contributed by atoms with Crippen molar-refractivity contribution in [2.24, 2.45) is 0 Å². The topological polar surface area (TPSA) is 12.5 Å². The first-order valence-corrected chi connectivity index (χ1v) is 6.70. The highest BCUT2D eigenvalue weighted by Gasteiger charge is 2.37. The summed E-state index contributed by atoms with van der Waals surface area (Å²) < 4.78 is 5.47. The van der Waals surface area contributed by atoms with Gasteiger partial charge in [-0.1, -0.05) is 32.6 Å². The zero-order chi connectivity index (χ0) is 10.6. The normalized spacial score (nSPS) is 27.8. The second-order valence-electron chi connectivity index (χ2n) is 5.13. The van der Waals surface area contributed by atoms with Crippen LogP contribution in [0.2, 0.25) is 0 Å². The Hall–Kier alpha value is -0.0800. The molecule has 1 heterocycles. The quantitative estimate of drug-likeness (QED) is 0.712. The van der Waals surface area contributed by atoms with Crippen LogP contribution in [0.4, 0.5) is 0 Å². The third kappa shape index (κ3) is 2.54. The predicted molar refractivity (Wildman–Crippen MR) is 63.1 cm³/mol. The first-order valence-electron chi connectivity index (χ1n) is 6.70. The molecule has 0 N–H and O–H groups in total. The number of ether oxygens (including phenoxy) is 1. The molecule has 0 bridgehead atoms. The van der Waals surface area contributed by atoms with Crippen molar-refractivity contribution in [3.05, 3.63) is 0 Å². The van der Waals surface area contributed by atoms with E-state index in [4.69, 9.17) is 4.74 Å². The third-order valence-electron chi connectivity index (χ3n) is 4.18. The number of nitrogens with zero attached hydrogens (tertiary/aromatic N) is 1. The van der Waals surface area contributed by atoms with Gasteiger partial charge in [0.25, 0.3) is 0 Å². The summed E-state index contributed by atoms with van der Waals surface area (Å²) >= 11 is 0. The minimum atomic E-state index is 0.552. The summed E-state index contributed by atoms with van der Waals surface area (Å²) in [5, 5.41) is 0. The Morgan fingerprint density at radius 2 is 1.73 bits per heavy atom. The van der Waals surface area contributed by atoms with E-state index in [1.54, 1.807) is 0 Å². The molecule has 0 atom stereocenters. The number of hydrogen-bond acceptors (Lipinski definition) is 2. The molecule has 0 radical (unpaired) electrons. The smallest absolute Gasteiger partial charge is 0.0594 e. The van der Waals surface area contributed by atoms with Crippen molar-refractivity contribution in [1.82, 2.24) is 4.90 Å². The third-order valence-corrected chi connectivity index (χ3v) is 4.18. The molecule has 1 aliphatic heterocycles. The van der Waals surface area contributed by atoms with Gasteiger partial charge in [0.15, 0.2) is 0 Å². The monoisotopic (exact) mass is 211 g/mol. The maximum absolute atomic E-state index is 5.47. The van der Waals surface area contributed by atoms with E-state index in [0.717, 1.165) is 13.2 Å². The van der Waals surface area contributed by atoms with Crippen LogP contribution in [0.3, 0.4) is 0 Å². The lowest BCUT2D eigenvalue weighted by Crippen LogP contribution is -2.54. The fourth-order valence-electron chi connectivity index (χ4n) is 3.44. The zero-order valence-corrected chi connectivity index (χ0v) is 10.1. The Bertz CT molecular complexity index is 175. The Labute approximate surface area is 94.0 Å². The van der Waals surface area contributed by atoms with Gasteiger partial charge < -0.3 is 4.74 Å². The molecule has 0 aromatic carbocycles. The summed E-state index contributed by atoms with van der Waals surface area (Å²) in [4.78, 5) is 2.74. The van der Waals surface area contributed by atoms with Gasteiger partial charge in [-0.05, 0) is 19.3 Å². The number of rotatable bonds is 3. The van der Waals surface area contributed by atoms with Crippen molar-refractivity contribution in [1.29, 1.82) is 0 Å². The Morgan fingerprint density at radius 3 is 2.33 bits per heavy atom. The average Bonchev–Trinajstić information content (AvgIpc) is 2.32. The second-order valence-corrected chi connectivity index (χ2v) is 5.13. The van der Waals surface area contributed by atoms with E-state index >= 15 is 0 Å². The van der Waals surface area contributed by atoms with Crippen LogP contribution in [0.5, 0.6) is 0 Å². The molecule has 2 aliphatic rings. The van der Waals surface area contributed by atoms with E-state index < -0.39 is 0 Å². The van der Waals surface area contributed by atoms with Gasteiger partial charge in [-0.15, -0.1) is 0 Å². The molecule has 0 spiro atoms. The minimum Gasteiger partial charge on any atom is -0.379 e. The molecule has 88 valence electrons. The number of hydrogen-bond donors (Lipinski definition) is 0. The molecule has 0 unspecified atom stereocenters. The summed E-state index contributed by atoms with van der Waals surface area (Å²) in [6.45, 7) is 6.56. The van der Waals surface area contributed by atoms with Crippen LogP contribution in [-0.2, 0) is 4.74 Å². The molecule has 0 aromatic rings. The Morgan fingerprint density at radius 1 is 1.07 bits per heavy atom. The lowest BCUT2D eigenvalue weighted by Gasteiger charge is -2.48. The van der Waals surface area contributed by atoms with Crippen molar-refractivity contribution in [3.8, 4) is 0 Å². The molecule has 2 rings (SSSR count). The highest BCUT2D eigenvalue weighted by Crippen LogP contribution is 2.37. The molecule has 2 nitrogen and oxygen atoms in total. The standard InChI is InChI=1S/C13H25NO/c1-2-6-13(7-4-3-5-8-13)14-9-11-15-12-10-14/h2-12H2,1H3. The van der Waals surface area contributed by atoms with Crippen LogP contribution in [0.1, 0.15) is 51.9 Å². The molecule has 15 heavy (non-hydrogen) atoms. The van der Waals surface area contributed by atoms with Crippen LogP contribution >= 0.6 is 0 Å². The van der Waals surface area contributed by atoms with Gasteiger partial charge in [0.2, 0.25) is 0 Å². The van der Waals surface area contributed by atoms with Gasteiger partial charge in [-0.3, -0.25) is 4.90 Å². The molecular formula is C13H25NO. The predicted octanol–water partition coefficient (Wildman–Crippen LogP) is 2.82. The van der Waals surface area contributed by atoms with Gasteiger partial charge in [0.05, 0.1) is 13.2 Å². The van der Waals surface area contributed by atoms with Gasteiger partial charge >= 0.3 is 0 Å². The van der Waals surface area contributed by atoms with Crippen molar-refractivity contribution >= 4 is 0 Å². The molecule has 2 fully saturated rings. The molecule has 2 heteroatoms. The van der Waals surface area contributed by atoms with E-state index in [-0.39, 0.29) is 0 Å². The van der Waals surface area contributed by atoms with E-state index in [0.29, 0.717) is 5.54 Å². The molecule has 1 saturated heterocycles. The molecular weight excluding hydrogens is 186 g/mol. The van der Waals surface area contributed by atoms with Crippen LogP contribution in [0.25, 0.3) is 0 Å². The first-order chi connectivity index (χ1) is 7.37. The van der Waals surface area contributed by atoms with E-state index in [2.05, 4.69) is 11.8 Å². The lowest BCUT2D eigenvalue weighted by atomic mass is 9.77. The zero-order valence-electron chi connectivity index (χ0n) is 10.1. The van der Waals surface area contributed by atoms with Crippen molar-refractivity contribution < 1.29 is 4.74 Å². The number of morpholine rings is 1. The molecule has 1 aliphatic carbocycles. The maximum Gasteiger partial charge on any atom is 0.0594 e. The van der Waals surface area contributed by atoms with Crippen molar-refractivity contribution in [2.75, 3.05) is 26.3 Å². The Kier molecular flexibility index (Phi) is 4.04. The average molecular weight is 211 g/mol. The first kappa shape index (κ1) is 11.4. The van der Waals surface area contributed by atoms with E-state index in [1.807, 2.05) is 0 Å². The summed E-state index contributed by atoms with van der Waals surface area (Å²) in [6, 6.07) is 0. The van der Waals surface area contributed by atoms with Crippen molar-refractivity contribution in [2.45, 2.75) is 57.4 Å². The fraction of sp³-hybridized carbons (Fsp3) is 1.00. The van der Waals surface area contributed by atoms with Gasteiger partial charge in [-0.25, -0.2) is 0 Å². The minimum absolute atomic E-state index is 0.552. The largest absolute Gasteiger partial charge is 0.379 e. The highest BCUT2D eigenvalue weighted by molar-refractivity contribution is 4.93. The van der Waals surface area contributed by atoms with Gasteiger partial charge in [-0.2, -0.15) is 0 Å². The lowest BCUT2D eigenvalue weighted by molar-refractivity contribution is -0.0413. The maximum atomic E-state index is 5.47.